The second-order valence-corrected chi connectivity index (χ2v) is 5.67. The standard InChI is InChI=1S/C16H20N2O2/c1-12(19)17-10-8-14(11-17)16(20)18-9-4-6-13-5-2-3-7-15(13)18/h2-3,5,7,14H,4,6,8-11H2,1H3. The van der Waals surface area contributed by atoms with E-state index in [2.05, 4.69) is 6.07 Å². The zero-order chi connectivity index (χ0) is 14.1. The second-order valence-electron chi connectivity index (χ2n) is 5.67. The van der Waals surface area contributed by atoms with Crippen LogP contribution in [0, 0.1) is 5.92 Å². The first-order valence-electron chi connectivity index (χ1n) is 7.31. The Kier molecular flexibility index (Phi) is 3.47. The zero-order valence-electron chi connectivity index (χ0n) is 11.8. The Balaban J connectivity index is 1.78. The first-order valence-corrected chi connectivity index (χ1v) is 7.31. The average Bonchev–Trinajstić information content (AvgIpc) is 2.96. The number of fused-ring (bicyclic) bond motifs is 1. The molecule has 1 atom stereocenters. The average molecular weight is 272 g/mol. The molecule has 0 aliphatic carbocycles. The van der Waals surface area contributed by atoms with Crippen molar-refractivity contribution in [3.63, 3.8) is 0 Å². The van der Waals surface area contributed by atoms with E-state index in [1.54, 1.807) is 11.8 Å². The summed E-state index contributed by atoms with van der Waals surface area (Å²) in [5, 5.41) is 0. The van der Waals surface area contributed by atoms with Gasteiger partial charge in [-0.25, -0.2) is 0 Å². The van der Waals surface area contributed by atoms with Crippen LogP contribution < -0.4 is 4.90 Å². The number of carbonyl (C=O) groups excluding carboxylic acids is 2. The van der Waals surface area contributed by atoms with Gasteiger partial charge in [0, 0.05) is 32.2 Å². The van der Waals surface area contributed by atoms with E-state index in [0.717, 1.165) is 31.5 Å². The Bertz CT molecular complexity index is 541. The molecular formula is C16H20N2O2. The predicted molar refractivity (Wildman–Crippen MR) is 77.5 cm³/mol. The van der Waals surface area contributed by atoms with Gasteiger partial charge in [-0.3, -0.25) is 9.59 Å². The lowest BCUT2D eigenvalue weighted by Gasteiger charge is -2.31. The highest BCUT2D eigenvalue weighted by atomic mass is 16.2. The minimum atomic E-state index is -0.0370. The summed E-state index contributed by atoms with van der Waals surface area (Å²) in [6, 6.07) is 8.15. The summed E-state index contributed by atoms with van der Waals surface area (Å²) in [4.78, 5) is 27.8. The summed E-state index contributed by atoms with van der Waals surface area (Å²) in [5.74, 6) is 0.213. The van der Waals surface area contributed by atoms with Gasteiger partial charge in [-0.05, 0) is 30.9 Å². The van der Waals surface area contributed by atoms with Gasteiger partial charge in [-0.2, -0.15) is 0 Å². The summed E-state index contributed by atoms with van der Waals surface area (Å²) in [7, 11) is 0. The van der Waals surface area contributed by atoms with Crippen molar-refractivity contribution in [1.29, 1.82) is 0 Å². The molecule has 3 rings (SSSR count). The van der Waals surface area contributed by atoms with E-state index in [1.165, 1.54) is 5.56 Å². The van der Waals surface area contributed by atoms with Crippen molar-refractivity contribution in [2.45, 2.75) is 26.2 Å². The molecule has 1 fully saturated rings. The van der Waals surface area contributed by atoms with E-state index in [4.69, 9.17) is 0 Å². The van der Waals surface area contributed by atoms with Crippen LogP contribution in [0.5, 0.6) is 0 Å². The fraction of sp³-hybridized carbons (Fsp3) is 0.500. The highest BCUT2D eigenvalue weighted by molar-refractivity contribution is 5.96. The number of aryl methyl sites for hydroxylation is 1. The molecule has 2 amide bonds. The van der Waals surface area contributed by atoms with Crippen molar-refractivity contribution in [3.8, 4) is 0 Å². The van der Waals surface area contributed by atoms with Crippen LogP contribution in [0.15, 0.2) is 24.3 Å². The minimum absolute atomic E-state index is 0.0370. The second kappa shape index (κ2) is 5.27. The van der Waals surface area contributed by atoms with E-state index in [0.29, 0.717) is 13.1 Å². The van der Waals surface area contributed by atoms with Crippen LogP contribution in [0.2, 0.25) is 0 Å². The highest BCUT2D eigenvalue weighted by Crippen LogP contribution is 2.29. The molecule has 1 unspecified atom stereocenters. The number of para-hydroxylation sites is 1. The first kappa shape index (κ1) is 13.2. The van der Waals surface area contributed by atoms with Crippen LogP contribution in [0.4, 0.5) is 5.69 Å². The highest BCUT2D eigenvalue weighted by Gasteiger charge is 2.34. The summed E-state index contributed by atoms with van der Waals surface area (Å²) in [6.45, 7) is 3.66. The molecule has 0 radical (unpaired) electrons. The van der Waals surface area contributed by atoms with E-state index < -0.39 is 0 Å². The van der Waals surface area contributed by atoms with Crippen LogP contribution >= 0.6 is 0 Å². The van der Waals surface area contributed by atoms with Gasteiger partial charge in [-0.15, -0.1) is 0 Å². The number of hydrogen-bond donors (Lipinski definition) is 0. The molecule has 1 saturated heterocycles. The molecule has 106 valence electrons. The van der Waals surface area contributed by atoms with E-state index in [-0.39, 0.29) is 17.7 Å². The Morgan fingerprint density at radius 1 is 1.20 bits per heavy atom. The molecule has 0 spiro atoms. The quantitative estimate of drug-likeness (QED) is 0.782. The van der Waals surface area contributed by atoms with Crippen molar-refractivity contribution in [2.24, 2.45) is 5.92 Å². The van der Waals surface area contributed by atoms with Crippen molar-refractivity contribution in [1.82, 2.24) is 4.90 Å². The van der Waals surface area contributed by atoms with Crippen LogP contribution in [0.3, 0.4) is 0 Å². The smallest absolute Gasteiger partial charge is 0.231 e. The third-order valence-electron chi connectivity index (χ3n) is 4.36. The molecule has 4 nitrogen and oxygen atoms in total. The lowest BCUT2D eigenvalue weighted by atomic mass is 9.99. The fourth-order valence-electron chi connectivity index (χ4n) is 3.23. The zero-order valence-corrected chi connectivity index (χ0v) is 11.8. The maximum absolute atomic E-state index is 12.7. The molecule has 2 heterocycles. The number of carbonyl (C=O) groups is 2. The largest absolute Gasteiger partial charge is 0.342 e. The molecule has 1 aromatic rings. The van der Waals surface area contributed by atoms with Gasteiger partial charge in [0.05, 0.1) is 5.92 Å². The van der Waals surface area contributed by atoms with Gasteiger partial charge in [0.2, 0.25) is 11.8 Å². The van der Waals surface area contributed by atoms with Gasteiger partial charge in [0.15, 0.2) is 0 Å². The number of nitrogens with zero attached hydrogens (tertiary/aromatic N) is 2. The Hall–Kier alpha value is -1.84. The van der Waals surface area contributed by atoms with Gasteiger partial charge in [0.25, 0.3) is 0 Å². The maximum atomic E-state index is 12.7. The minimum Gasteiger partial charge on any atom is -0.342 e. The number of hydrogen-bond acceptors (Lipinski definition) is 2. The Morgan fingerprint density at radius 3 is 2.75 bits per heavy atom. The fourth-order valence-corrected chi connectivity index (χ4v) is 3.23. The lowest BCUT2D eigenvalue weighted by Crippen LogP contribution is -2.40. The normalized spacial score (nSPS) is 21.8. The number of anilines is 1. The summed E-state index contributed by atoms with van der Waals surface area (Å²) < 4.78 is 0. The molecule has 2 aliphatic heterocycles. The Labute approximate surface area is 119 Å². The van der Waals surface area contributed by atoms with Crippen molar-refractivity contribution < 1.29 is 9.59 Å². The van der Waals surface area contributed by atoms with Gasteiger partial charge >= 0.3 is 0 Å². The van der Waals surface area contributed by atoms with Crippen molar-refractivity contribution >= 4 is 17.5 Å². The first-order chi connectivity index (χ1) is 9.66. The third kappa shape index (κ3) is 2.30. The van der Waals surface area contributed by atoms with Gasteiger partial charge < -0.3 is 9.80 Å². The molecule has 2 aliphatic rings. The van der Waals surface area contributed by atoms with E-state index in [9.17, 15) is 9.59 Å². The molecule has 0 N–H and O–H groups in total. The topological polar surface area (TPSA) is 40.6 Å². The molecule has 4 heteroatoms. The van der Waals surface area contributed by atoms with E-state index in [1.807, 2.05) is 23.1 Å². The summed E-state index contributed by atoms with van der Waals surface area (Å²) >= 11 is 0. The number of amides is 2. The molecule has 0 aromatic heterocycles. The molecule has 1 aromatic carbocycles. The predicted octanol–water partition coefficient (Wildman–Crippen LogP) is 1.83. The van der Waals surface area contributed by atoms with Gasteiger partial charge in [0.1, 0.15) is 0 Å². The summed E-state index contributed by atoms with van der Waals surface area (Å²) in [6.07, 6.45) is 2.85. The number of rotatable bonds is 1. The SMILES string of the molecule is CC(=O)N1CCC(C(=O)N2CCCc3ccccc32)C1. The van der Waals surface area contributed by atoms with Crippen LogP contribution in [0.25, 0.3) is 0 Å². The molecule has 0 saturated carbocycles. The van der Waals surface area contributed by atoms with Crippen LogP contribution in [0.1, 0.15) is 25.3 Å². The molecule has 20 heavy (non-hydrogen) atoms. The lowest BCUT2D eigenvalue weighted by molar-refractivity contribution is -0.128. The van der Waals surface area contributed by atoms with E-state index >= 15 is 0 Å². The van der Waals surface area contributed by atoms with Crippen molar-refractivity contribution in [2.75, 3.05) is 24.5 Å². The van der Waals surface area contributed by atoms with Gasteiger partial charge in [-0.1, -0.05) is 18.2 Å². The van der Waals surface area contributed by atoms with Crippen LogP contribution in [-0.4, -0.2) is 36.3 Å². The molecular weight excluding hydrogens is 252 g/mol. The number of likely N-dealkylation sites (tertiary alicyclic amines) is 1. The van der Waals surface area contributed by atoms with Crippen molar-refractivity contribution in [3.05, 3.63) is 29.8 Å². The monoisotopic (exact) mass is 272 g/mol. The Morgan fingerprint density at radius 2 is 2.00 bits per heavy atom. The maximum Gasteiger partial charge on any atom is 0.231 e. The number of benzene rings is 1. The van der Waals surface area contributed by atoms with Crippen LogP contribution in [-0.2, 0) is 16.0 Å². The summed E-state index contributed by atoms with van der Waals surface area (Å²) in [5.41, 5.74) is 2.32. The third-order valence-corrected chi connectivity index (χ3v) is 4.36. The molecule has 0 bridgehead atoms.